The molecule has 9 nitrogen and oxygen atoms in total. The Labute approximate surface area is 224 Å². The topological polar surface area (TPSA) is 107 Å². The van der Waals surface area contributed by atoms with Gasteiger partial charge in [-0.1, -0.05) is 0 Å². The number of carbonyl (C=O) groups excluding carboxylic acids is 2. The number of Topliss-reactive ketones (excluding diaryl/α,β-unsaturated/α-hetero) is 1. The molecule has 1 saturated heterocycles. The molecule has 3 aromatic heterocycles. The predicted octanol–water partition coefficient (Wildman–Crippen LogP) is 5.07. The predicted molar refractivity (Wildman–Crippen MR) is 141 cm³/mol. The van der Waals surface area contributed by atoms with E-state index in [-0.39, 0.29) is 52.7 Å². The Morgan fingerprint density at radius 2 is 2.05 bits per heavy atom. The van der Waals surface area contributed by atoms with Crippen LogP contribution in [0.4, 0.5) is 10.1 Å². The number of pyridine rings is 1. The van der Waals surface area contributed by atoms with Gasteiger partial charge in [0, 0.05) is 60.9 Å². The summed E-state index contributed by atoms with van der Waals surface area (Å²) in [6.45, 7) is 0.801. The highest BCUT2D eigenvalue weighted by Gasteiger charge is 2.34. The highest BCUT2D eigenvalue weighted by Crippen LogP contribution is 2.36. The van der Waals surface area contributed by atoms with E-state index in [1.54, 1.807) is 47.0 Å². The van der Waals surface area contributed by atoms with Crippen molar-refractivity contribution in [3.8, 4) is 16.9 Å². The number of nitrogens with one attached hydrogen (secondary N) is 1. The molecular formula is C29H29FN4O5. The number of rotatable bonds is 8. The number of carbonyl (C=O) groups is 2. The molecule has 0 spiro atoms. The Morgan fingerprint density at radius 3 is 2.77 bits per heavy atom. The third kappa shape index (κ3) is 5.17. The molecular weight excluding hydrogens is 503 g/mol. The van der Waals surface area contributed by atoms with Gasteiger partial charge in [-0.15, -0.1) is 0 Å². The van der Waals surface area contributed by atoms with Gasteiger partial charge >= 0.3 is 0 Å². The normalized spacial score (nSPS) is 17.4. The Balaban J connectivity index is 1.37. The molecule has 2 aliphatic rings. The second kappa shape index (κ2) is 10.3. The molecule has 202 valence electrons. The number of benzene rings is 1. The quantitative estimate of drug-likeness (QED) is 0.307. The number of aromatic nitrogens is 3. The first-order chi connectivity index (χ1) is 18.9. The number of hydrogen-bond donors (Lipinski definition) is 2. The summed E-state index contributed by atoms with van der Waals surface area (Å²) in [6.07, 6.45) is 10.4. The summed E-state index contributed by atoms with van der Waals surface area (Å²) in [7, 11) is 1.74. The fraction of sp³-hybridized carbons (Fsp3) is 0.345. The summed E-state index contributed by atoms with van der Waals surface area (Å²) >= 11 is 0. The molecule has 0 bridgehead atoms. The molecule has 4 heterocycles. The molecule has 1 aromatic carbocycles. The lowest BCUT2D eigenvalue weighted by molar-refractivity contribution is -0.168. The third-order valence-electron chi connectivity index (χ3n) is 7.17. The van der Waals surface area contributed by atoms with Gasteiger partial charge in [-0.2, -0.15) is 5.10 Å². The lowest BCUT2D eigenvalue weighted by Gasteiger charge is -2.23. The Hall–Kier alpha value is -4.02. The van der Waals surface area contributed by atoms with Crippen molar-refractivity contribution in [2.45, 2.75) is 45.0 Å². The average molecular weight is 533 g/mol. The number of aromatic hydroxyl groups is 1. The van der Waals surface area contributed by atoms with Gasteiger partial charge in [0.05, 0.1) is 29.6 Å². The number of nitrogens with zero attached hydrogens (tertiary/aromatic N) is 3. The number of anilines is 1. The number of ketones is 1. The van der Waals surface area contributed by atoms with Crippen LogP contribution >= 0.6 is 0 Å². The van der Waals surface area contributed by atoms with Gasteiger partial charge < -0.3 is 24.3 Å². The van der Waals surface area contributed by atoms with Crippen LogP contribution in [0.5, 0.6) is 5.75 Å². The fourth-order valence-corrected chi connectivity index (χ4v) is 4.99. The van der Waals surface area contributed by atoms with E-state index in [9.17, 15) is 14.7 Å². The van der Waals surface area contributed by atoms with Crippen molar-refractivity contribution in [2.75, 3.05) is 11.9 Å². The third-order valence-corrected chi connectivity index (χ3v) is 7.17. The van der Waals surface area contributed by atoms with E-state index in [4.69, 9.17) is 9.47 Å². The minimum Gasteiger partial charge on any atom is -0.508 e. The molecule has 1 atom stereocenters. The van der Waals surface area contributed by atoms with Crippen molar-refractivity contribution in [3.63, 3.8) is 0 Å². The van der Waals surface area contributed by atoms with Crippen LogP contribution in [0.25, 0.3) is 16.6 Å². The molecule has 6 rings (SSSR count). The number of halogens is 1. The van der Waals surface area contributed by atoms with Gasteiger partial charge in [0.15, 0.2) is 17.9 Å². The van der Waals surface area contributed by atoms with Crippen molar-refractivity contribution < 1.29 is 28.6 Å². The van der Waals surface area contributed by atoms with E-state index in [1.807, 2.05) is 0 Å². The zero-order chi connectivity index (χ0) is 27.1. The van der Waals surface area contributed by atoms with Crippen molar-refractivity contribution in [1.82, 2.24) is 14.2 Å². The fourth-order valence-electron chi connectivity index (χ4n) is 4.99. The molecule has 10 heteroatoms. The van der Waals surface area contributed by atoms with Gasteiger partial charge in [-0.3, -0.25) is 14.3 Å². The van der Waals surface area contributed by atoms with E-state index in [1.165, 1.54) is 18.2 Å². The molecule has 2 N–H and O–H groups in total. The standard InChI is InChI=1S/C29H29FN4O5/c1-33-14-19(13-31-33)21-10-17(16-39-25-4-2-3-9-38-25)11-23(27(21)30)32-29(37)26-22(28(36)18-5-6-18)15-34-8-7-20(35)12-24(26)34/h7-8,10-15,18,25,35H,2-6,9,16H2,1H3,(H,32,37). The molecule has 1 amide bonds. The van der Waals surface area contributed by atoms with Crippen molar-refractivity contribution in [1.29, 1.82) is 0 Å². The first kappa shape index (κ1) is 25.3. The minimum atomic E-state index is -0.642. The molecule has 1 unspecified atom stereocenters. The molecule has 1 aliphatic carbocycles. The van der Waals surface area contributed by atoms with Gasteiger partial charge in [0.25, 0.3) is 5.91 Å². The molecule has 0 radical (unpaired) electrons. The maximum Gasteiger partial charge on any atom is 0.258 e. The molecule has 2 fully saturated rings. The SMILES string of the molecule is Cn1cc(-c2cc(COC3CCCCO3)cc(NC(=O)c3c(C(=O)C4CC4)cn4ccc(O)cc34)c2F)cn1. The Morgan fingerprint density at radius 1 is 1.21 bits per heavy atom. The van der Waals surface area contributed by atoms with Crippen molar-refractivity contribution in [3.05, 3.63) is 71.6 Å². The number of ether oxygens (including phenoxy) is 2. The van der Waals surface area contributed by atoms with Gasteiger partial charge in [0.2, 0.25) is 0 Å². The summed E-state index contributed by atoms with van der Waals surface area (Å²) in [4.78, 5) is 26.8. The number of fused-ring (bicyclic) bond motifs is 1. The van der Waals surface area contributed by atoms with E-state index < -0.39 is 11.7 Å². The lowest BCUT2D eigenvalue weighted by atomic mass is 10.0. The number of aryl methyl sites for hydroxylation is 1. The minimum absolute atomic E-state index is 0.0470. The van der Waals surface area contributed by atoms with Gasteiger partial charge in [-0.05, 0) is 55.9 Å². The molecule has 1 saturated carbocycles. The average Bonchev–Trinajstić information content (AvgIpc) is 3.59. The zero-order valence-corrected chi connectivity index (χ0v) is 21.5. The highest BCUT2D eigenvalue weighted by molar-refractivity contribution is 6.18. The smallest absolute Gasteiger partial charge is 0.258 e. The van der Waals surface area contributed by atoms with Crippen LogP contribution in [0, 0.1) is 11.7 Å². The maximum absolute atomic E-state index is 15.9. The van der Waals surface area contributed by atoms with Crippen LogP contribution in [0.2, 0.25) is 0 Å². The number of hydrogen-bond acceptors (Lipinski definition) is 6. The number of amides is 1. The largest absolute Gasteiger partial charge is 0.508 e. The van der Waals surface area contributed by atoms with Crippen LogP contribution in [0.1, 0.15) is 58.4 Å². The van der Waals surface area contributed by atoms with E-state index >= 15 is 4.39 Å². The Bertz CT molecular complexity index is 1570. The van der Waals surface area contributed by atoms with E-state index in [0.29, 0.717) is 23.3 Å². The summed E-state index contributed by atoms with van der Waals surface area (Å²) in [5, 5.41) is 16.9. The maximum atomic E-state index is 15.9. The Kier molecular flexibility index (Phi) is 6.66. The van der Waals surface area contributed by atoms with Crippen LogP contribution < -0.4 is 5.32 Å². The highest BCUT2D eigenvalue weighted by atomic mass is 19.1. The molecule has 39 heavy (non-hydrogen) atoms. The summed E-state index contributed by atoms with van der Waals surface area (Å²) in [5.41, 5.74) is 2.12. The lowest BCUT2D eigenvalue weighted by Crippen LogP contribution is -2.22. The second-order valence-electron chi connectivity index (χ2n) is 10.2. The van der Waals surface area contributed by atoms with Gasteiger partial charge in [-0.25, -0.2) is 4.39 Å². The van der Waals surface area contributed by atoms with Gasteiger partial charge in [0.1, 0.15) is 5.75 Å². The monoisotopic (exact) mass is 532 g/mol. The zero-order valence-electron chi connectivity index (χ0n) is 21.5. The van der Waals surface area contributed by atoms with Crippen LogP contribution in [0.15, 0.2) is 49.1 Å². The van der Waals surface area contributed by atoms with Crippen molar-refractivity contribution in [2.24, 2.45) is 13.0 Å². The van der Waals surface area contributed by atoms with E-state index in [2.05, 4.69) is 10.4 Å². The first-order valence-electron chi connectivity index (χ1n) is 13.1. The molecule has 1 aliphatic heterocycles. The summed E-state index contributed by atoms with van der Waals surface area (Å²) < 4.78 is 30.7. The van der Waals surface area contributed by atoms with Crippen molar-refractivity contribution >= 4 is 22.9 Å². The van der Waals surface area contributed by atoms with Crippen LogP contribution in [-0.4, -0.2) is 43.9 Å². The summed E-state index contributed by atoms with van der Waals surface area (Å²) in [6, 6.07) is 6.11. The summed E-state index contributed by atoms with van der Waals surface area (Å²) in [5.74, 6) is -1.57. The second-order valence-corrected chi connectivity index (χ2v) is 10.2. The molecule has 4 aromatic rings. The van der Waals surface area contributed by atoms with E-state index in [0.717, 1.165) is 32.1 Å². The van der Waals surface area contributed by atoms with Crippen LogP contribution in [-0.2, 0) is 23.1 Å². The first-order valence-corrected chi connectivity index (χ1v) is 13.1. The van der Waals surface area contributed by atoms with Crippen LogP contribution in [0.3, 0.4) is 0 Å².